The SMILES string of the molecule is CCn1nnc([C@H](C)O[C@H](C)n2cnc3c(N)nc(N[C@H](CO)Cc4ccccc4)nc32)n1. The lowest BCUT2D eigenvalue weighted by Gasteiger charge is -2.19. The maximum Gasteiger partial charge on any atom is 0.227 e. The second kappa shape index (κ2) is 9.88. The first-order valence-electron chi connectivity index (χ1n) is 10.8. The third kappa shape index (κ3) is 5.07. The van der Waals surface area contributed by atoms with Gasteiger partial charge >= 0.3 is 0 Å². The fourth-order valence-corrected chi connectivity index (χ4v) is 3.49. The van der Waals surface area contributed by atoms with Gasteiger partial charge in [-0.15, -0.1) is 10.2 Å². The van der Waals surface area contributed by atoms with Gasteiger partial charge in [0.25, 0.3) is 0 Å². The lowest BCUT2D eigenvalue weighted by molar-refractivity contribution is -0.0377. The minimum Gasteiger partial charge on any atom is -0.394 e. The van der Waals surface area contributed by atoms with Crippen LogP contribution in [-0.2, 0) is 17.7 Å². The number of hydrogen-bond donors (Lipinski definition) is 3. The maximum absolute atomic E-state index is 9.86. The van der Waals surface area contributed by atoms with Crippen molar-refractivity contribution in [2.75, 3.05) is 17.7 Å². The number of imidazole rings is 1. The van der Waals surface area contributed by atoms with E-state index >= 15 is 0 Å². The van der Waals surface area contributed by atoms with E-state index in [9.17, 15) is 5.11 Å². The van der Waals surface area contributed by atoms with Crippen LogP contribution in [0.4, 0.5) is 11.8 Å². The van der Waals surface area contributed by atoms with E-state index in [0.29, 0.717) is 35.9 Å². The molecule has 4 aromatic rings. The summed E-state index contributed by atoms with van der Waals surface area (Å²) < 4.78 is 7.86. The van der Waals surface area contributed by atoms with Gasteiger partial charge in [0, 0.05) is 0 Å². The topological polar surface area (TPSA) is 155 Å². The molecule has 0 spiro atoms. The third-order valence-electron chi connectivity index (χ3n) is 5.23. The summed E-state index contributed by atoms with van der Waals surface area (Å²) >= 11 is 0. The summed E-state index contributed by atoms with van der Waals surface area (Å²) in [5.74, 6) is 1.05. The molecule has 0 bridgehead atoms. The molecule has 3 atom stereocenters. The maximum atomic E-state index is 9.86. The summed E-state index contributed by atoms with van der Waals surface area (Å²) in [5, 5.41) is 25.3. The molecule has 0 aliphatic rings. The molecule has 0 aliphatic carbocycles. The molecule has 3 aromatic heterocycles. The Morgan fingerprint density at radius 2 is 1.97 bits per heavy atom. The molecule has 3 heterocycles. The highest BCUT2D eigenvalue weighted by atomic mass is 16.5. The number of hydrogen-bond acceptors (Lipinski definition) is 10. The number of aliphatic hydroxyl groups is 1. The number of nitrogens with zero attached hydrogens (tertiary/aromatic N) is 8. The summed E-state index contributed by atoms with van der Waals surface area (Å²) in [4.78, 5) is 14.8. The molecule has 1 aromatic carbocycles. The summed E-state index contributed by atoms with van der Waals surface area (Å²) in [7, 11) is 0. The number of nitrogens with two attached hydrogens (primary N) is 1. The van der Waals surface area contributed by atoms with E-state index in [0.717, 1.165) is 5.56 Å². The highest BCUT2D eigenvalue weighted by Crippen LogP contribution is 2.25. The zero-order chi connectivity index (χ0) is 23.4. The van der Waals surface area contributed by atoms with E-state index in [1.807, 2.05) is 51.1 Å². The average Bonchev–Trinajstić information content (AvgIpc) is 3.47. The number of anilines is 2. The van der Waals surface area contributed by atoms with Crippen molar-refractivity contribution < 1.29 is 9.84 Å². The van der Waals surface area contributed by atoms with Crippen molar-refractivity contribution in [1.82, 2.24) is 39.7 Å². The fourth-order valence-electron chi connectivity index (χ4n) is 3.49. The van der Waals surface area contributed by atoms with E-state index in [1.165, 1.54) is 4.80 Å². The number of benzene rings is 1. The Kier molecular flexibility index (Phi) is 6.75. The molecule has 0 radical (unpaired) electrons. The average molecular weight is 453 g/mol. The van der Waals surface area contributed by atoms with Crippen molar-refractivity contribution in [1.29, 1.82) is 0 Å². The number of ether oxygens (including phenoxy) is 1. The monoisotopic (exact) mass is 452 g/mol. The van der Waals surface area contributed by atoms with Crippen LogP contribution in [0.15, 0.2) is 36.7 Å². The Labute approximate surface area is 190 Å². The van der Waals surface area contributed by atoms with Gasteiger partial charge in [0.05, 0.1) is 25.5 Å². The smallest absolute Gasteiger partial charge is 0.227 e. The van der Waals surface area contributed by atoms with Gasteiger partial charge in [0.1, 0.15) is 17.8 Å². The Bertz CT molecular complexity index is 1190. The minimum absolute atomic E-state index is 0.0854. The predicted octanol–water partition coefficient (Wildman–Crippen LogP) is 1.73. The van der Waals surface area contributed by atoms with Gasteiger partial charge in [0.2, 0.25) is 11.8 Å². The second-order valence-corrected chi connectivity index (χ2v) is 7.68. The molecular weight excluding hydrogens is 424 g/mol. The first-order chi connectivity index (χ1) is 16.0. The van der Waals surface area contributed by atoms with Gasteiger partial charge in [-0.3, -0.25) is 4.57 Å². The van der Waals surface area contributed by atoms with Crippen LogP contribution in [0, 0.1) is 0 Å². The van der Waals surface area contributed by atoms with Crippen LogP contribution in [-0.4, -0.2) is 57.5 Å². The Balaban J connectivity index is 1.53. The number of nitrogens with one attached hydrogen (secondary N) is 1. The predicted molar refractivity (Wildman–Crippen MR) is 122 cm³/mol. The zero-order valence-corrected chi connectivity index (χ0v) is 18.8. The molecule has 0 amide bonds. The molecule has 33 heavy (non-hydrogen) atoms. The van der Waals surface area contributed by atoms with Gasteiger partial charge in [0.15, 0.2) is 11.5 Å². The fraction of sp³-hybridized carbons (Fsp3) is 0.429. The number of tetrazole rings is 1. The number of rotatable bonds is 10. The third-order valence-corrected chi connectivity index (χ3v) is 5.23. The summed E-state index contributed by atoms with van der Waals surface area (Å²) in [5.41, 5.74) is 8.23. The van der Waals surface area contributed by atoms with Crippen LogP contribution >= 0.6 is 0 Å². The van der Waals surface area contributed by atoms with Crippen LogP contribution in [0.5, 0.6) is 0 Å². The number of aryl methyl sites for hydroxylation is 1. The summed E-state index contributed by atoms with van der Waals surface area (Å²) in [6, 6.07) is 9.61. The van der Waals surface area contributed by atoms with Crippen molar-refractivity contribution in [2.45, 2.75) is 52.1 Å². The molecule has 174 valence electrons. The molecule has 0 saturated carbocycles. The number of fused-ring (bicyclic) bond motifs is 1. The second-order valence-electron chi connectivity index (χ2n) is 7.68. The normalized spacial score (nSPS) is 14.3. The minimum atomic E-state index is -0.432. The Morgan fingerprint density at radius 1 is 1.18 bits per heavy atom. The summed E-state index contributed by atoms with van der Waals surface area (Å²) in [6.07, 6.45) is 1.40. The molecule has 0 saturated heterocycles. The van der Waals surface area contributed by atoms with Crippen LogP contribution in [0.1, 0.15) is 44.5 Å². The highest BCUT2D eigenvalue weighted by Gasteiger charge is 2.21. The molecule has 4 N–H and O–H groups in total. The largest absolute Gasteiger partial charge is 0.394 e. The Morgan fingerprint density at radius 3 is 2.67 bits per heavy atom. The van der Waals surface area contributed by atoms with Crippen LogP contribution in [0.3, 0.4) is 0 Å². The molecule has 0 fully saturated rings. The van der Waals surface area contributed by atoms with Crippen LogP contribution in [0.25, 0.3) is 11.2 Å². The van der Waals surface area contributed by atoms with Crippen molar-refractivity contribution in [2.24, 2.45) is 0 Å². The number of aliphatic hydroxyl groups excluding tert-OH is 1. The number of aromatic nitrogens is 8. The van der Waals surface area contributed by atoms with Gasteiger partial charge in [-0.2, -0.15) is 14.8 Å². The van der Waals surface area contributed by atoms with E-state index in [2.05, 4.69) is 35.7 Å². The van der Waals surface area contributed by atoms with Crippen molar-refractivity contribution in [3.8, 4) is 0 Å². The molecular formula is C21H28N10O2. The molecule has 12 heteroatoms. The quantitative estimate of drug-likeness (QED) is 0.324. The van der Waals surface area contributed by atoms with E-state index in [1.54, 1.807) is 10.9 Å². The molecule has 0 unspecified atom stereocenters. The summed E-state index contributed by atoms with van der Waals surface area (Å²) in [6.45, 7) is 6.22. The molecule has 12 nitrogen and oxygen atoms in total. The lowest BCUT2D eigenvalue weighted by Crippen LogP contribution is -2.27. The van der Waals surface area contributed by atoms with E-state index in [4.69, 9.17) is 10.5 Å². The van der Waals surface area contributed by atoms with E-state index in [-0.39, 0.29) is 24.6 Å². The lowest BCUT2D eigenvalue weighted by atomic mass is 10.1. The van der Waals surface area contributed by atoms with E-state index < -0.39 is 6.23 Å². The first kappa shape index (κ1) is 22.6. The molecule has 4 rings (SSSR count). The van der Waals surface area contributed by atoms with Crippen LogP contribution in [0.2, 0.25) is 0 Å². The van der Waals surface area contributed by atoms with Crippen molar-refractivity contribution in [3.05, 3.63) is 48.0 Å². The van der Waals surface area contributed by atoms with Crippen molar-refractivity contribution >= 4 is 22.9 Å². The number of nitrogen functional groups attached to an aromatic ring is 1. The van der Waals surface area contributed by atoms with Gasteiger partial charge in [-0.25, -0.2) is 4.98 Å². The standard InChI is InChI=1S/C21H28N10O2/c1-4-31-28-19(27-29-31)13(2)33-14(3)30-12-23-17-18(22)25-21(26-20(17)30)24-16(11-32)10-15-8-6-5-7-9-15/h5-9,12-14,16,32H,4,10-11H2,1-3H3,(H3,22,24,25,26)/t13-,14+,16-/m0/s1. The van der Waals surface area contributed by atoms with Gasteiger partial charge < -0.3 is 20.9 Å². The van der Waals surface area contributed by atoms with Gasteiger partial charge in [-0.05, 0) is 38.0 Å². The molecule has 0 aliphatic heterocycles. The van der Waals surface area contributed by atoms with Crippen LogP contribution < -0.4 is 11.1 Å². The van der Waals surface area contributed by atoms with Gasteiger partial charge in [-0.1, -0.05) is 30.3 Å². The first-order valence-corrected chi connectivity index (χ1v) is 10.8. The Hall–Kier alpha value is -3.64. The highest BCUT2D eigenvalue weighted by molar-refractivity contribution is 5.82. The zero-order valence-electron chi connectivity index (χ0n) is 18.8. The van der Waals surface area contributed by atoms with Crippen molar-refractivity contribution in [3.63, 3.8) is 0 Å².